The largest absolute Gasteiger partial charge is 0.465 e. The molecule has 2 aromatic heterocycles. The molecule has 0 N–H and O–H groups in total. The van der Waals surface area contributed by atoms with E-state index in [1.54, 1.807) is 16.7 Å². The summed E-state index contributed by atoms with van der Waals surface area (Å²) in [5, 5.41) is 8.72. The number of ether oxygens (including phenoxy) is 2. The van der Waals surface area contributed by atoms with Crippen LogP contribution in [-0.4, -0.2) is 40.9 Å². The van der Waals surface area contributed by atoms with Crippen LogP contribution < -0.4 is 0 Å². The number of carbonyl (C=O) groups is 1. The summed E-state index contributed by atoms with van der Waals surface area (Å²) in [4.78, 5) is 11.7. The van der Waals surface area contributed by atoms with Gasteiger partial charge in [-0.15, -0.1) is 10.2 Å². The zero-order valence-electron chi connectivity index (χ0n) is 11.0. The van der Waals surface area contributed by atoms with Crippen molar-refractivity contribution in [3.8, 4) is 0 Å². The molecule has 1 aliphatic heterocycles. The maximum Gasteiger partial charge on any atom is 0.339 e. The molecule has 1 fully saturated rings. The second kappa shape index (κ2) is 5.38. The van der Waals surface area contributed by atoms with Gasteiger partial charge in [0.15, 0.2) is 5.65 Å². The maximum absolute atomic E-state index is 11.7. The van der Waals surface area contributed by atoms with Crippen LogP contribution in [0.3, 0.4) is 0 Å². The molecular formula is C13H14ClN3O3. The zero-order valence-corrected chi connectivity index (χ0v) is 11.8. The number of hydrogen-bond donors (Lipinski definition) is 0. The highest BCUT2D eigenvalue weighted by atomic mass is 35.5. The Morgan fingerprint density at radius 2 is 2.20 bits per heavy atom. The predicted molar refractivity (Wildman–Crippen MR) is 72.1 cm³/mol. The van der Waals surface area contributed by atoms with Crippen molar-refractivity contribution in [3.63, 3.8) is 0 Å². The van der Waals surface area contributed by atoms with Gasteiger partial charge >= 0.3 is 5.97 Å². The van der Waals surface area contributed by atoms with Crippen molar-refractivity contribution in [1.29, 1.82) is 0 Å². The second-order valence-electron chi connectivity index (χ2n) is 4.71. The molecule has 0 spiro atoms. The van der Waals surface area contributed by atoms with E-state index in [1.165, 1.54) is 7.11 Å². The van der Waals surface area contributed by atoms with Gasteiger partial charge in [-0.05, 0) is 18.9 Å². The van der Waals surface area contributed by atoms with Crippen molar-refractivity contribution in [3.05, 3.63) is 28.7 Å². The molecule has 0 radical (unpaired) electrons. The molecule has 0 atom stereocenters. The van der Waals surface area contributed by atoms with Crippen molar-refractivity contribution >= 4 is 23.2 Å². The fraction of sp³-hybridized carbons (Fsp3) is 0.462. The first-order chi connectivity index (χ1) is 9.70. The number of halogens is 1. The number of carbonyl (C=O) groups excluding carboxylic acids is 1. The molecule has 0 saturated carbocycles. The maximum atomic E-state index is 11.7. The Balaban J connectivity index is 2.09. The third-order valence-corrected chi connectivity index (χ3v) is 3.77. The number of esters is 1. The average Bonchev–Trinajstić information content (AvgIpc) is 2.91. The van der Waals surface area contributed by atoms with Crippen LogP contribution >= 0.6 is 11.6 Å². The Morgan fingerprint density at radius 1 is 1.45 bits per heavy atom. The molecule has 6 nitrogen and oxygen atoms in total. The highest BCUT2D eigenvalue weighted by molar-refractivity contribution is 6.33. The van der Waals surface area contributed by atoms with E-state index in [4.69, 9.17) is 21.1 Å². The lowest BCUT2D eigenvalue weighted by atomic mass is 9.99. The molecule has 20 heavy (non-hydrogen) atoms. The van der Waals surface area contributed by atoms with Crippen molar-refractivity contribution in [2.24, 2.45) is 0 Å². The lowest BCUT2D eigenvalue weighted by Crippen LogP contribution is -2.16. The van der Waals surface area contributed by atoms with E-state index < -0.39 is 5.97 Å². The molecule has 0 unspecified atom stereocenters. The smallest absolute Gasteiger partial charge is 0.339 e. The van der Waals surface area contributed by atoms with Crippen LogP contribution in [0.4, 0.5) is 0 Å². The molecule has 0 bridgehead atoms. The van der Waals surface area contributed by atoms with Crippen molar-refractivity contribution in [1.82, 2.24) is 14.6 Å². The van der Waals surface area contributed by atoms with Crippen LogP contribution in [0.15, 0.2) is 12.3 Å². The fourth-order valence-electron chi connectivity index (χ4n) is 2.43. The lowest BCUT2D eigenvalue weighted by Gasteiger charge is -2.20. The van der Waals surface area contributed by atoms with Crippen molar-refractivity contribution in [2.75, 3.05) is 20.3 Å². The van der Waals surface area contributed by atoms with Gasteiger partial charge in [-0.2, -0.15) is 0 Å². The van der Waals surface area contributed by atoms with Crippen LogP contribution in [-0.2, 0) is 9.47 Å². The molecule has 106 valence electrons. The Morgan fingerprint density at radius 3 is 2.90 bits per heavy atom. The summed E-state index contributed by atoms with van der Waals surface area (Å²) in [6, 6.07) is 1.55. The summed E-state index contributed by atoms with van der Waals surface area (Å²) < 4.78 is 11.9. The van der Waals surface area contributed by atoms with Crippen molar-refractivity contribution < 1.29 is 14.3 Å². The normalized spacial score (nSPS) is 16.5. The zero-order chi connectivity index (χ0) is 14.1. The minimum atomic E-state index is -0.430. The number of hydrogen-bond acceptors (Lipinski definition) is 5. The number of nitrogens with zero attached hydrogens (tertiary/aromatic N) is 3. The Hall–Kier alpha value is -1.66. The Bertz CT molecular complexity index is 650. The van der Waals surface area contributed by atoms with Crippen LogP contribution in [0.25, 0.3) is 5.65 Å². The molecule has 1 aliphatic rings. The molecule has 0 aliphatic carbocycles. The molecule has 2 aromatic rings. The van der Waals surface area contributed by atoms with Gasteiger partial charge in [-0.3, -0.25) is 4.40 Å². The van der Waals surface area contributed by atoms with E-state index in [2.05, 4.69) is 10.2 Å². The van der Waals surface area contributed by atoms with Gasteiger partial charge in [0.05, 0.1) is 17.7 Å². The standard InChI is InChI=1S/C13H14ClN3O3/c1-19-13(18)9-6-10(14)12-16-15-11(17(12)7-9)8-2-4-20-5-3-8/h6-8H,2-5H2,1H3. The van der Waals surface area contributed by atoms with Gasteiger partial charge in [0.25, 0.3) is 0 Å². The van der Waals surface area contributed by atoms with Crippen molar-refractivity contribution in [2.45, 2.75) is 18.8 Å². The minimum Gasteiger partial charge on any atom is -0.465 e. The summed E-state index contributed by atoms with van der Waals surface area (Å²) in [6.45, 7) is 1.42. The summed E-state index contributed by atoms with van der Waals surface area (Å²) in [5.74, 6) is 0.652. The van der Waals surface area contributed by atoms with Gasteiger partial charge < -0.3 is 9.47 Å². The summed E-state index contributed by atoms with van der Waals surface area (Å²) in [5.41, 5.74) is 0.943. The summed E-state index contributed by atoms with van der Waals surface area (Å²) >= 11 is 6.16. The van der Waals surface area contributed by atoms with E-state index in [0.29, 0.717) is 29.4 Å². The van der Waals surface area contributed by atoms with Crippen LogP contribution in [0.5, 0.6) is 0 Å². The van der Waals surface area contributed by atoms with Gasteiger partial charge in [-0.25, -0.2) is 4.79 Å². The highest BCUT2D eigenvalue weighted by Gasteiger charge is 2.23. The molecule has 7 heteroatoms. The number of fused-ring (bicyclic) bond motifs is 1. The third-order valence-electron chi connectivity index (χ3n) is 3.49. The molecule has 0 aromatic carbocycles. The van der Waals surface area contributed by atoms with Gasteiger partial charge in [0, 0.05) is 25.3 Å². The lowest BCUT2D eigenvalue weighted by molar-refractivity contribution is 0.0600. The van der Waals surface area contributed by atoms with E-state index in [1.807, 2.05) is 0 Å². The average molecular weight is 296 g/mol. The molecule has 0 amide bonds. The van der Waals surface area contributed by atoms with Crippen LogP contribution in [0, 0.1) is 0 Å². The number of methoxy groups -OCH3 is 1. The Labute approximate surface area is 120 Å². The topological polar surface area (TPSA) is 65.7 Å². The first kappa shape index (κ1) is 13.3. The summed E-state index contributed by atoms with van der Waals surface area (Å²) in [6.07, 6.45) is 3.46. The SMILES string of the molecule is COC(=O)c1cc(Cl)c2nnc(C3CCOCC3)n2c1. The monoisotopic (exact) mass is 295 g/mol. The molecular weight excluding hydrogens is 282 g/mol. The molecule has 3 rings (SSSR count). The van der Waals surface area contributed by atoms with E-state index >= 15 is 0 Å². The number of rotatable bonds is 2. The van der Waals surface area contributed by atoms with E-state index in [0.717, 1.165) is 18.7 Å². The van der Waals surface area contributed by atoms with Gasteiger partial charge in [0.1, 0.15) is 5.82 Å². The third kappa shape index (κ3) is 2.25. The van der Waals surface area contributed by atoms with Gasteiger partial charge in [-0.1, -0.05) is 11.6 Å². The first-order valence-corrected chi connectivity index (χ1v) is 6.78. The quantitative estimate of drug-likeness (QED) is 0.794. The van der Waals surface area contributed by atoms with E-state index in [9.17, 15) is 4.79 Å². The predicted octanol–water partition coefficient (Wildman–Crippen LogP) is 2.06. The second-order valence-corrected chi connectivity index (χ2v) is 5.11. The fourth-order valence-corrected chi connectivity index (χ4v) is 2.68. The number of aromatic nitrogens is 3. The van der Waals surface area contributed by atoms with E-state index in [-0.39, 0.29) is 5.92 Å². The first-order valence-electron chi connectivity index (χ1n) is 6.41. The van der Waals surface area contributed by atoms with Gasteiger partial charge in [0.2, 0.25) is 0 Å². The van der Waals surface area contributed by atoms with Crippen LogP contribution in [0.1, 0.15) is 34.9 Å². The number of pyridine rings is 1. The molecule has 3 heterocycles. The Kier molecular flexibility index (Phi) is 3.58. The van der Waals surface area contributed by atoms with Crippen LogP contribution in [0.2, 0.25) is 5.02 Å². The highest BCUT2D eigenvalue weighted by Crippen LogP contribution is 2.28. The minimum absolute atomic E-state index is 0.266. The summed E-state index contributed by atoms with van der Waals surface area (Å²) in [7, 11) is 1.34. The molecule has 1 saturated heterocycles.